The molecule has 2 aromatic carbocycles. The Kier molecular flexibility index (Phi) is 6.08. The first-order chi connectivity index (χ1) is 12.1. The molecule has 0 fully saturated rings. The summed E-state index contributed by atoms with van der Waals surface area (Å²) in [5.41, 5.74) is 4.18. The van der Waals surface area contributed by atoms with Gasteiger partial charge in [-0.05, 0) is 56.0 Å². The van der Waals surface area contributed by atoms with Crippen LogP contribution < -0.4 is 9.62 Å². The molecule has 1 atom stereocenters. The van der Waals surface area contributed by atoms with E-state index in [1.165, 1.54) is 0 Å². The van der Waals surface area contributed by atoms with Gasteiger partial charge >= 0.3 is 0 Å². The minimum absolute atomic E-state index is 0.368. The van der Waals surface area contributed by atoms with Crippen LogP contribution in [-0.4, -0.2) is 26.6 Å². The fourth-order valence-electron chi connectivity index (χ4n) is 2.93. The molecule has 2 aromatic rings. The number of sulfonamides is 1. The molecule has 1 amide bonds. The Bertz CT molecular complexity index is 870. The monoisotopic (exact) mass is 374 g/mol. The van der Waals surface area contributed by atoms with Crippen molar-refractivity contribution in [3.8, 4) is 0 Å². The van der Waals surface area contributed by atoms with E-state index in [0.717, 1.165) is 39.4 Å². The predicted octanol–water partition coefficient (Wildman–Crippen LogP) is 3.66. The smallest absolute Gasteiger partial charge is 0.248 e. The fraction of sp³-hybridized carbons (Fsp3) is 0.350. The number of nitrogens with zero attached hydrogens (tertiary/aromatic N) is 1. The molecule has 0 saturated heterocycles. The van der Waals surface area contributed by atoms with Gasteiger partial charge in [0.1, 0.15) is 6.04 Å². The van der Waals surface area contributed by atoms with Crippen LogP contribution in [0.3, 0.4) is 0 Å². The number of benzene rings is 2. The summed E-state index contributed by atoms with van der Waals surface area (Å²) in [5, 5.41) is 2.88. The molecule has 0 aliphatic rings. The van der Waals surface area contributed by atoms with Crippen molar-refractivity contribution in [1.82, 2.24) is 0 Å². The molecule has 0 aromatic heterocycles. The molecule has 6 heteroatoms. The number of aryl methyl sites for hydroxylation is 3. The lowest BCUT2D eigenvalue weighted by molar-refractivity contribution is -0.116. The van der Waals surface area contributed by atoms with Crippen LogP contribution in [0.15, 0.2) is 42.5 Å². The lowest BCUT2D eigenvalue weighted by Gasteiger charge is -2.28. The van der Waals surface area contributed by atoms with E-state index >= 15 is 0 Å². The highest BCUT2D eigenvalue weighted by Gasteiger charge is 2.29. The van der Waals surface area contributed by atoms with Crippen molar-refractivity contribution in [2.75, 3.05) is 15.9 Å². The number of hydrogen-bond donors (Lipinski definition) is 1. The van der Waals surface area contributed by atoms with E-state index in [1.807, 2.05) is 51.1 Å². The van der Waals surface area contributed by atoms with Gasteiger partial charge < -0.3 is 5.32 Å². The zero-order chi connectivity index (χ0) is 19.5. The third-order valence-corrected chi connectivity index (χ3v) is 5.66. The molecule has 0 radical (unpaired) electrons. The Morgan fingerprint density at radius 3 is 2.08 bits per heavy atom. The lowest BCUT2D eigenvalue weighted by atomic mass is 10.1. The molecule has 1 unspecified atom stereocenters. The highest BCUT2D eigenvalue weighted by molar-refractivity contribution is 7.92. The van der Waals surface area contributed by atoms with Crippen LogP contribution in [0.4, 0.5) is 11.4 Å². The maximum Gasteiger partial charge on any atom is 0.248 e. The number of para-hydroxylation sites is 1. The van der Waals surface area contributed by atoms with E-state index < -0.39 is 16.1 Å². The summed E-state index contributed by atoms with van der Waals surface area (Å²) in [6.07, 6.45) is 1.98. The van der Waals surface area contributed by atoms with Crippen LogP contribution in [0.2, 0.25) is 0 Å². The minimum atomic E-state index is -3.62. The van der Waals surface area contributed by atoms with Gasteiger partial charge in [0, 0.05) is 5.69 Å². The molecule has 26 heavy (non-hydrogen) atoms. The third kappa shape index (κ3) is 4.43. The second-order valence-corrected chi connectivity index (χ2v) is 8.37. The first-order valence-electron chi connectivity index (χ1n) is 8.60. The largest absolute Gasteiger partial charge is 0.324 e. The number of anilines is 2. The van der Waals surface area contributed by atoms with E-state index in [1.54, 1.807) is 19.1 Å². The molecule has 0 bridgehead atoms. The average molecular weight is 375 g/mol. The van der Waals surface area contributed by atoms with E-state index in [2.05, 4.69) is 5.32 Å². The summed E-state index contributed by atoms with van der Waals surface area (Å²) >= 11 is 0. The minimum Gasteiger partial charge on any atom is -0.324 e. The van der Waals surface area contributed by atoms with Gasteiger partial charge in [-0.2, -0.15) is 0 Å². The number of amides is 1. The summed E-state index contributed by atoms with van der Waals surface area (Å²) in [6.45, 7) is 7.44. The van der Waals surface area contributed by atoms with Gasteiger partial charge in [0.25, 0.3) is 0 Å². The molecule has 0 spiro atoms. The molecule has 0 heterocycles. The van der Waals surface area contributed by atoms with Crippen LogP contribution in [-0.2, 0) is 21.2 Å². The van der Waals surface area contributed by atoms with Gasteiger partial charge in [0.2, 0.25) is 15.9 Å². The summed E-state index contributed by atoms with van der Waals surface area (Å²) in [7, 11) is -3.62. The first kappa shape index (κ1) is 20.0. The molecule has 0 aliphatic carbocycles. The number of carbonyl (C=O) groups is 1. The Balaban J connectivity index is 2.34. The van der Waals surface area contributed by atoms with E-state index in [-0.39, 0.29) is 5.91 Å². The lowest BCUT2D eigenvalue weighted by Crippen LogP contribution is -2.45. The topological polar surface area (TPSA) is 66.5 Å². The van der Waals surface area contributed by atoms with Gasteiger partial charge in [0.15, 0.2) is 0 Å². The molecule has 0 aliphatic heterocycles. The summed E-state index contributed by atoms with van der Waals surface area (Å²) in [5.74, 6) is -0.368. The van der Waals surface area contributed by atoms with Crippen LogP contribution in [0.5, 0.6) is 0 Å². The Morgan fingerprint density at radius 1 is 1.08 bits per heavy atom. The average Bonchev–Trinajstić information content (AvgIpc) is 2.57. The van der Waals surface area contributed by atoms with E-state index in [4.69, 9.17) is 0 Å². The zero-order valence-corrected chi connectivity index (χ0v) is 16.7. The van der Waals surface area contributed by atoms with Crippen molar-refractivity contribution in [1.29, 1.82) is 0 Å². The number of nitrogens with one attached hydrogen (secondary N) is 1. The standard InChI is InChI=1S/C20H26N2O3S/c1-6-17-10-12-18(13-11-17)22(26(5,24)25)16(4)20(23)21-19-14(2)8-7-9-15(19)3/h7-13,16H,6H2,1-5H3,(H,21,23). The third-order valence-electron chi connectivity index (χ3n) is 4.42. The summed E-state index contributed by atoms with van der Waals surface area (Å²) in [6, 6.07) is 12.1. The normalized spacial score (nSPS) is 12.5. The van der Waals surface area contributed by atoms with Gasteiger partial charge in [-0.25, -0.2) is 8.42 Å². The first-order valence-corrected chi connectivity index (χ1v) is 10.5. The highest BCUT2D eigenvalue weighted by Crippen LogP contribution is 2.24. The maximum absolute atomic E-state index is 12.8. The van der Waals surface area contributed by atoms with Gasteiger partial charge in [-0.3, -0.25) is 9.10 Å². The summed E-state index contributed by atoms with van der Waals surface area (Å²) < 4.78 is 25.9. The fourth-order valence-corrected chi connectivity index (χ4v) is 4.10. The molecular weight excluding hydrogens is 348 g/mol. The van der Waals surface area contributed by atoms with Crippen molar-refractivity contribution < 1.29 is 13.2 Å². The molecule has 5 nitrogen and oxygen atoms in total. The SMILES string of the molecule is CCc1ccc(N(C(C)C(=O)Nc2c(C)cccc2C)S(C)(=O)=O)cc1. The van der Waals surface area contributed by atoms with Crippen molar-refractivity contribution in [2.24, 2.45) is 0 Å². The number of rotatable bonds is 6. The van der Waals surface area contributed by atoms with Crippen LogP contribution in [0.1, 0.15) is 30.5 Å². The molecular formula is C20H26N2O3S. The van der Waals surface area contributed by atoms with E-state index in [0.29, 0.717) is 5.69 Å². The Morgan fingerprint density at radius 2 is 1.62 bits per heavy atom. The maximum atomic E-state index is 12.8. The van der Waals surface area contributed by atoms with Crippen LogP contribution in [0, 0.1) is 13.8 Å². The highest BCUT2D eigenvalue weighted by atomic mass is 32.2. The zero-order valence-electron chi connectivity index (χ0n) is 15.9. The molecule has 1 N–H and O–H groups in total. The number of hydrogen-bond acceptors (Lipinski definition) is 3. The van der Waals surface area contributed by atoms with Crippen molar-refractivity contribution >= 4 is 27.3 Å². The van der Waals surface area contributed by atoms with Crippen molar-refractivity contribution in [3.05, 3.63) is 59.2 Å². The Hall–Kier alpha value is -2.34. The second kappa shape index (κ2) is 7.91. The Labute approximate surface area is 156 Å². The second-order valence-electron chi connectivity index (χ2n) is 6.51. The predicted molar refractivity (Wildman–Crippen MR) is 107 cm³/mol. The van der Waals surface area contributed by atoms with Crippen LogP contribution in [0.25, 0.3) is 0 Å². The molecule has 2 rings (SSSR count). The molecule has 0 saturated carbocycles. The molecule has 140 valence electrons. The van der Waals surface area contributed by atoms with E-state index in [9.17, 15) is 13.2 Å². The van der Waals surface area contributed by atoms with Gasteiger partial charge in [-0.1, -0.05) is 37.3 Å². The van der Waals surface area contributed by atoms with Gasteiger partial charge in [0.05, 0.1) is 11.9 Å². The van der Waals surface area contributed by atoms with Gasteiger partial charge in [-0.15, -0.1) is 0 Å². The van der Waals surface area contributed by atoms with Crippen LogP contribution >= 0.6 is 0 Å². The van der Waals surface area contributed by atoms with Crippen molar-refractivity contribution in [2.45, 2.75) is 40.2 Å². The quantitative estimate of drug-likeness (QED) is 0.839. The summed E-state index contributed by atoms with van der Waals surface area (Å²) in [4.78, 5) is 12.8. The van der Waals surface area contributed by atoms with Crippen molar-refractivity contribution in [3.63, 3.8) is 0 Å². The number of carbonyl (C=O) groups excluding carboxylic acids is 1.